The summed E-state index contributed by atoms with van der Waals surface area (Å²) in [6.45, 7) is 8.21. The molecule has 1 aliphatic heterocycles. The average molecular weight is 303 g/mol. The van der Waals surface area contributed by atoms with Crippen LogP contribution in [0.3, 0.4) is 0 Å². The Labute approximate surface area is 129 Å². The predicted molar refractivity (Wildman–Crippen MR) is 87.9 cm³/mol. The van der Waals surface area contributed by atoms with Gasteiger partial charge in [-0.25, -0.2) is 4.98 Å². The highest BCUT2D eigenvalue weighted by Crippen LogP contribution is 2.32. The lowest BCUT2D eigenvalue weighted by molar-refractivity contribution is -0.119. The lowest BCUT2D eigenvalue weighted by atomic mass is 9.98. The van der Waals surface area contributed by atoms with Crippen molar-refractivity contribution in [1.82, 2.24) is 10.3 Å². The number of nitrogens with zero attached hydrogens (tertiary/aromatic N) is 1. The van der Waals surface area contributed by atoms with E-state index in [1.807, 2.05) is 18.2 Å². The number of anilines is 1. The summed E-state index contributed by atoms with van der Waals surface area (Å²) in [5.74, 6) is 0.201. The summed E-state index contributed by atoms with van der Waals surface area (Å²) in [7, 11) is 0. The second-order valence-electron chi connectivity index (χ2n) is 6.63. The average Bonchev–Trinajstić information content (AvgIpc) is 3.06. The van der Waals surface area contributed by atoms with Gasteiger partial charge in [-0.15, -0.1) is 11.3 Å². The molecular weight excluding hydrogens is 282 g/mol. The molecule has 2 N–H and O–H groups in total. The zero-order chi connectivity index (χ0) is 15.0. The van der Waals surface area contributed by atoms with Gasteiger partial charge in [0.1, 0.15) is 0 Å². The fourth-order valence-corrected chi connectivity index (χ4v) is 3.51. The predicted octanol–water partition coefficient (Wildman–Crippen LogP) is 3.14. The van der Waals surface area contributed by atoms with E-state index in [2.05, 4.69) is 36.4 Å². The van der Waals surface area contributed by atoms with Gasteiger partial charge >= 0.3 is 0 Å². The van der Waals surface area contributed by atoms with Crippen LogP contribution in [0.2, 0.25) is 0 Å². The van der Waals surface area contributed by atoms with Crippen LogP contribution in [0.25, 0.3) is 10.2 Å². The zero-order valence-electron chi connectivity index (χ0n) is 12.7. The van der Waals surface area contributed by atoms with Crippen LogP contribution in [-0.2, 0) is 10.2 Å². The number of benzene rings is 1. The first-order valence-corrected chi connectivity index (χ1v) is 8.18. The van der Waals surface area contributed by atoms with E-state index in [9.17, 15) is 4.79 Å². The molecule has 2 heterocycles. The summed E-state index contributed by atoms with van der Waals surface area (Å²) in [5.41, 5.74) is 1.93. The molecule has 1 saturated heterocycles. The number of aromatic nitrogens is 1. The van der Waals surface area contributed by atoms with Crippen molar-refractivity contribution in [2.24, 2.45) is 5.92 Å². The fourth-order valence-electron chi connectivity index (χ4n) is 2.45. The molecule has 0 aliphatic carbocycles. The smallest absolute Gasteiger partial charge is 0.228 e. The number of amides is 1. The maximum atomic E-state index is 12.2. The second-order valence-corrected chi connectivity index (χ2v) is 7.66. The van der Waals surface area contributed by atoms with Gasteiger partial charge in [-0.2, -0.15) is 0 Å². The maximum absolute atomic E-state index is 12.2. The van der Waals surface area contributed by atoms with Crippen molar-refractivity contribution in [2.75, 3.05) is 18.4 Å². The maximum Gasteiger partial charge on any atom is 0.228 e. The van der Waals surface area contributed by atoms with Crippen molar-refractivity contribution in [3.05, 3.63) is 23.2 Å². The van der Waals surface area contributed by atoms with Gasteiger partial charge in [0.05, 0.1) is 21.1 Å². The Bertz CT molecular complexity index is 666. The van der Waals surface area contributed by atoms with E-state index in [-0.39, 0.29) is 17.2 Å². The van der Waals surface area contributed by atoms with Crippen LogP contribution in [0.4, 0.5) is 5.69 Å². The first-order chi connectivity index (χ1) is 9.93. The highest BCUT2D eigenvalue weighted by atomic mass is 32.1. The lowest BCUT2D eigenvalue weighted by Gasteiger charge is -2.13. The van der Waals surface area contributed by atoms with Crippen LogP contribution in [0.1, 0.15) is 32.2 Å². The molecule has 0 bridgehead atoms. The molecule has 1 fully saturated rings. The van der Waals surface area contributed by atoms with Crippen molar-refractivity contribution < 1.29 is 4.79 Å². The minimum absolute atomic E-state index is 0.0581. The Hall–Kier alpha value is -1.46. The highest BCUT2D eigenvalue weighted by molar-refractivity contribution is 7.18. The van der Waals surface area contributed by atoms with E-state index in [0.29, 0.717) is 0 Å². The zero-order valence-corrected chi connectivity index (χ0v) is 13.5. The van der Waals surface area contributed by atoms with Gasteiger partial charge in [-0.05, 0) is 31.2 Å². The molecule has 0 saturated carbocycles. The molecule has 5 heteroatoms. The third-order valence-corrected chi connectivity index (χ3v) is 5.17. The standard InChI is InChI=1S/C16H21N3OS/c1-16(2,3)15-19-12-5-4-11(8-13(12)21-15)18-14(20)10-6-7-17-9-10/h4-5,8,10,17H,6-7,9H2,1-3H3,(H,18,20). The SMILES string of the molecule is CC(C)(C)c1nc2ccc(NC(=O)C3CCNC3)cc2s1. The molecule has 1 aliphatic rings. The van der Waals surface area contributed by atoms with Crippen LogP contribution in [0, 0.1) is 5.92 Å². The summed E-state index contributed by atoms with van der Waals surface area (Å²) in [5, 5.41) is 7.37. The van der Waals surface area contributed by atoms with Gasteiger partial charge in [0.25, 0.3) is 0 Å². The molecule has 0 radical (unpaired) electrons. The quantitative estimate of drug-likeness (QED) is 0.896. The minimum Gasteiger partial charge on any atom is -0.326 e. The number of carbonyl (C=O) groups is 1. The van der Waals surface area contributed by atoms with Gasteiger partial charge in [0.15, 0.2) is 0 Å². The monoisotopic (exact) mass is 303 g/mol. The number of thiazole rings is 1. The summed E-state index contributed by atoms with van der Waals surface area (Å²) in [6, 6.07) is 5.96. The van der Waals surface area contributed by atoms with Gasteiger partial charge in [-0.1, -0.05) is 20.8 Å². The summed E-state index contributed by atoms with van der Waals surface area (Å²) < 4.78 is 1.13. The highest BCUT2D eigenvalue weighted by Gasteiger charge is 2.23. The lowest BCUT2D eigenvalue weighted by Crippen LogP contribution is -2.24. The number of rotatable bonds is 2. The molecule has 4 nitrogen and oxygen atoms in total. The first kappa shape index (κ1) is 14.5. The van der Waals surface area contributed by atoms with Gasteiger partial charge in [0.2, 0.25) is 5.91 Å². The Morgan fingerprint density at radius 1 is 1.43 bits per heavy atom. The van der Waals surface area contributed by atoms with Crippen molar-refractivity contribution in [1.29, 1.82) is 0 Å². The van der Waals surface area contributed by atoms with E-state index in [1.165, 1.54) is 0 Å². The summed E-state index contributed by atoms with van der Waals surface area (Å²) in [4.78, 5) is 16.8. The number of hydrogen-bond donors (Lipinski definition) is 2. The molecule has 1 aromatic carbocycles. The third-order valence-electron chi connectivity index (χ3n) is 3.73. The number of fused-ring (bicyclic) bond motifs is 1. The number of carbonyl (C=O) groups excluding carboxylic acids is 1. The molecule has 2 aromatic rings. The van der Waals surface area contributed by atoms with Crippen molar-refractivity contribution in [3.63, 3.8) is 0 Å². The van der Waals surface area contributed by atoms with Gasteiger partial charge in [-0.3, -0.25) is 4.79 Å². The van der Waals surface area contributed by atoms with Crippen LogP contribution < -0.4 is 10.6 Å². The third kappa shape index (κ3) is 3.09. The Morgan fingerprint density at radius 2 is 2.24 bits per heavy atom. The fraction of sp³-hybridized carbons (Fsp3) is 0.500. The Kier molecular flexibility index (Phi) is 3.71. The molecule has 112 valence electrons. The van der Waals surface area contributed by atoms with E-state index >= 15 is 0 Å². The van der Waals surface area contributed by atoms with Crippen molar-refractivity contribution >= 4 is 33.1 Å². The van der Waals surface area contributed by atoms with E-state index in [1.54, 1.807) is 11.3 Å². The van der Waals surface area contributed by atoms with Crippen LogP contribution in [0.15, 0.2) is 18.2 Å². The van der Waals surface area contributed by atoms with E-state index in [4.69, 9.17) is 0 Å². The molecule has 3 rings (SSSR count). The minimum atomic E-state index is 0.0581. The molecule has 1 amide bonds. The topological polar surface area (TPSA) is 54.0 Å². The van der Waals surface area contributed by atoms with Crippen LogP contribution >= 0.6 is 11.3 Å². The molecule has 1 unspecified atom stereocenters. The normalized spacial score (nSPS) is 19.1. The Morgan fingerprint density at radius 3 is 2.90 bits per heavy atom. The molecule has 1 atom stereocenters. The molecule has 1 aromatic heterocycles. The van der Waals surface area contributed by atoms with E-state index < -0.39 is 0 Å². The molecule has 0 spiro atoms. The van der Waals surface area contributed by atoms with Crippen LogP contribution in [0.5, 0.6) is 0 Å². The Balaban J connectivity index is 1.82. The number of hydrogen-bond acceptors (Lipinski definition) is 4. The van der Waals surface area contributed by atoms with Crippen molar-refractivity contribution in [2.45, 2.75) is 32.6 Å². The summed E-state index contributed by atoms with van der Waals surface area (Å²) in [6.07, 6.45) is 0.919. The van der Waals surface area contributed by atoms with Gasteiger partial charge in [0, 0.05) is 17.6 Å². The summed E-state index contributed by atoms with van der Waals surface area (Å²) >= 11 is 1.70. The number of nitrogens with one attached hydrogen (secondary N) is 2. The molecular formula is C16H21N3OS. The van der Waals surface area contributed by atoms with Crippen LogP contribution in [-0.4, -0.2) is 24.0 Å². The largest absolute Gasteiger partial charge is 0.326 e. The van der Waals surface area contributed by atoms with Gasteiger partial charge < -0.3 is 10.6 Å². The first-order valence-electron chi connectivity index (χ1n) is 7.36. The van der Waals surface area contributed by atoms with Crippen molar-refractivity contribution in [3.8, 4) is 0 Å². The van der Waals surface area contributed by atoms with E-state index in [0.717, 1.165) is 40.4 Å². The second kappa shape index (κ2) is 5.39. The molecule has 21 heavy (non-hydrogen) atoms.